The number of benzene rings is 2. The standard InChI is InChI=1S/C19H19N3/c1-16(22-19-15-9-8-14-18(19)20-21-22)10-4-2-5-11-17-12-6-3-7-13-17/h3,5-15H,2,4H2,1H3/b11-5+,16-10-. The molecule has 3 rings (SSSR count). The normalized spacial score (nSPS) is 12.3. The van der Waals surface area contributed by atoms with E-state index in [-0.39, 0.29) is 0 Å². The Kier molecular flexibility index (Phi) is 4.44. The predicted octanol–water partition coefficient (Wildman–Crippen LogP) is 4.79. The van der Waals surface area contributed by atoms with E-state index < -0.39 is 0 Å². The number of fused-ring (bicyclic) bond motifs is 1. The fourth-order valence-corrected chi connectivity index (χ4v) is 2.39. The first-order valence-electron chi connectivity index (χ1n) is 7.54. The van der Waals surface area contributed by atoms with Crippen LogP contribution in [0, 0.1) is 0 Å². The lowest BCUT2D eigenvalue weighted by molar-refractivity contribution is 0.829. The van der Waals surface area contributed by atoms with E-state index in [1.54, 1.807) is 0 Å². The van der Waals surface area contributed by atoms with Crippen LogP contribution < -0.4 is 0 Å². The van der Waals surface area contributed by atoms with E-state index in [9.17, 15) is 0 Å². The SMILES string of the molecule is C/C(=C/CC/C=C/c1ccccc1)n1nnc2ccccc21. The number of aromatic nitrogens is 3. The molecule has 0 aliphatic rings. The highest BCUT2D eigenvalue weighted by molar-refractivity contribution is 5.77. The minimum atomic E-state index is 0.930. The fraction of sp³-hybridized carbons (Fsp3) is 0.158. The van der Waals surface area contributed by atoms with E-state index in [1.807, 2.05) is 35.0 Å². The Morgan fingerprint density at radius 3 is 2.64 bits per heavy atom. The van der Waals surface area contributed by atoms with E-state index >= 15 is 0 Å². The molecule has 1 aromatic heterocycles. The summed E-state index contributed by atoms with van der Waals surface area (Å²) in [5.74, 6) is 0. The summed E-state index contributed by atoms with van der Waals surface area (Å²) in [4.78, 5) is 0. The fourth-order valence-electron chi connectivity index (χ4n) is 2.39. The van der Waals surface area contributed by atoms with Crippen LogP contribution in [-0.4, -0.2) is 15.0 Å². The summed E-state index contributed by atoms with van der Waals surface area (Å²) in [5, 5.41) is 8.40. The molecule has 0 unspecified atom stereocenters. The van der Waals surface area contributed by atoms with Gasteiger partial charge in [-0.1, -0.05) is 65.9 Å². The number of unbranched alkanes of at least 4 members (excludes halogenated alkanes) is 1. The van der Waals surface area contributed by atoms with Gasteiger partial charge in [0.25, 0.3) is 0 Å². The molecule has 110 valence electrons. The number of hydrogen-bond donors (Lipinski definition) is 0. The van der Waals surface area contributed by atoms with Gasteiger partial charge < -0.3 is 0 Å². The van der Waals surface area contributed by atoms with E-state index in [0.717, 1.165) is 29.6 Å². The highest BCUT2D eigenvalue weighted by Gasteiger charge is 2.03. The largest absolute Gasteiger partial charge is 0.218 e. The first-order chi connectivity index (χ1) is 10.8. The molecule has 22 heavy (non-hydrogen) atoms. The van der Waals surface area contributed by atoms with Gasteiger partial charge in [-0.15, -0.1) is 5.10 Å². The maximum Gasteiger partial charge on any atom is 0.113 e. The Morgan fingerprint density at radius 1 is 1.00 bits per heavy atom. The molecule has 0 saturated carbocycles. The summed E-state index contributed by atoms with van der Waals surface area (Å²) in [7, 11) is 0. The Hall–Kier alpha value is -2.68. The zero-order valence-electron chi connectivity index (χ0n) is 12.7. The minimum Gasteiger partial charge on any atom is -0.218 e. The number of nitrogens with zero attached hydrogens (tertiary/aromatic N) is 3. The summed E-state index contributed by atoms with van der Waals surface area (Å²) in [6.45, 7) is 2.07. The second kappa shape index (κ2) is 6.85. The van der Waals surface area contributed by atoms with Gasteiger partial charge in [-0.25, -0.2) is 4.68 Å². The number of hydrogen-bond acceptors (Lipinski definition) is 2. The Labute approximate surface area is 130 Å². The third kappa shape index (κ3) is 3.31. The molecule has 0 fully saturated rings. The van der Waals surface area contributed by atoms with Crippen LogP contribution in [0.5, 0.6) is 0 Å². The van der Waals surface area contributed by atoms with Crippen LogP contribution in [0.15, 0.2) is 66.7 Å². The molecule has 3 aromatic rings. The highest BCUT2D eigenvalue weighted by Crippen LogP contribution is 2.15. The molecule has 0 N–H and O–H groups in total. The summed E-state index contributed by atoms with van der Waals surface area (Å²) >= 11 is 0. The summed E-state index contributed by atoms with van der Waals surface area (Å²) in [5.41, 5.74) is 4.34. The van der Waals surface area contributed by atoms with Crippen LogP contribution in [0.4, 0.5) is 0 Å². The second-order valence-electron chi connectivity index (χ2n) is 5.23. The summed E-state index contributed by atoms with van der Waals surface area (Å²) in [6.07, 6.45) is 8.57. The lowest BCUT2D eigenvalue weighted by Gasteiger charge is -2.01. The van der Waals surface area contributed by atoms with Crippen LogP contribution in [0.3, 0.4) is 0 Å². The van der Waals surface area contributed by atoms with Crippen molar-refractivity contribution in [3.05, 3.63) is 72.3 Å². The van der Waals surface area contributed by atoms with Crippen molar-refractivity contribution in [2.24, 2.45) is 0 Å². The van der Waals surface area contributed by atoms with Crippen molar-refractivity contribution in [2.45, 2.75) is 19.8 Å². The number of allylic oxidation sites excluding steroid dienone is 3. The quantitative estimate of drug-likeness (QED) is 0.632. The average Bonchev–Trinajstić information content (AvgIpc) is 2.99. The van der Waals surface area contributed by atoms with Crippen molar-refractivity contribution >= 4 is 22.8 Å². The molecule has 0 amide bonds. The van der Waals surface area contributed by atoms with Crippen molar-refractivity contribution in [1.29, 1.82) is 0 Å². The lowest BCUT2D eigenvalue weighted by atomic mass is 10.2. The van der Waals surface area contributed by atoms with Gasteiger partial charge in [0.05, 0.1) is 5.52 Å². The van der Waals surface area contributed by atoms with Crippen LogP contribution in [0.25, 0.3) is 22.8 Å². The van der Waals surface area contributed by atoms with E-state index in [2.05, 4.69) is 59.7 Å². The monoisotopic (exact) mass is 289 g/mol. The highest BCUT2D eigenvalue weighted by atomic mass is 15.4. The Morgan fingerprint density at radius 2 is 1.77 bits per heavy atom. The third-order valence-electron chi connectivity index (χ3n) is 3.57. The van der Waals surface area contributed by atoms with Crippen molar-refractivity contribution in [2.75, 3.05) is 0 Å². The number of para-hydroxylation sites is 1. The average molecular weight is 289 g/mol. The van der Waals surface area contributed by atoms with Crippen molar-refractivity contribution in [1.82, 2.24) is 15.0 Å². The van der Waals surface area contributed by atoms with Crippen molar-refractivity contribution in [3.63, 3.8) is 0 Å². The maximum atomic E-state index is 4.22. The van der Waals surface area contributed by atoms with E-state index in [1.165, 1.54) is 5.56 Å². The molecule has 0 aliphatic heterocycles. The molecule has 3 heteroatoms. The van der Waals surface area contributed by atoms with Gasteiger partial charge in [0.15, 0.2) is 0 Å². The second-order valence-corrected chi connectivity index (χ2v) is 5.23. The molecule has 0 bridgehead atoms. The molecule has 2 aromatic carbocycles. The molecule has 0 aliphatic carbocycles. The van der Waals surface area contributed by atoms with Crippen LogP contribution in [0.1, 0.15) is 25.3 Å². The van der Waals surface area contributed by atoms with Crippen molar-refractivity contribution < 1.29 is 0 Å². The first kappa shape index (κ1) is 14.3. The van der Waals surface area contributed by atoms with Gasteiger partial charge in [0.1, 0.15) is 5.52 Å². The van der Waals surface area contributed by atoms with Crippen LogP contribution >= 0.6 is 0 Å². The molecular weight excluding hydrogens is 270 g/mol. The zero-order chi connectivity index (χ0) is 15.2. The van der Waals surface area contributed by atoms with Gasteiger partial charge in [0, 0.05) is 5.70 Å². The van der Waals surface area contributed by atoms with Crippen molar-refractivity contribution in [3.8, 4) is 0 Å². The molecule has 3 nitrogen and oxygen atoms in total. The van der Waals surface area contributed by atoms with Gasteiger partial charge >= 0.3 is 0 Å². The smallest absolute Gasteiger partial charge is 0.113 e. The molecule has 0 spiro atoms. The van der Waals surface area contributed by atoms with Crippen LogP contribution in [-0.2, 0) is 0 Å². The molecule has 0 saturated heterocycles. The molecule has 1 heterocycles. The van der Waals surface area contributed by atoms with Crippen LogP contribution in [0.2, 0.25) is 0 Å². The Bertz CT molecular complexity index is 798. The van der Waals surface area contributed by atoms with E-state index in [0.29, 0.717) is 0 Å². The zero-order valence-corrected chi connectivity index (χ0v) is 12.7. The summed E-state index contributed by atoms with van der Waals surface area (Å²) in [6, 6.07) is 18.4. The number of rotatable bonds is 5. The Balaban J connectivity index is 1.62. The van der Waals surface area contributed by atoms with Gasteiger partial charge in [-0.05, 0) is 37.5 Å². The minimum absolute atomic E-state index is 0.930. The lowest BCUT2D eigenvalue weighted by Crippen LogP contribution is -1.95. The maximum absolute atomic E-state index is 4.22. The molecule has 0 radical (unpaired) electrons. The third-order valence-corrected chi connectivity index (χ3v) is 3.57. The van der Waals surface area contributed by atoms with Gasteiger partial charge in [-0.3, -0.25) is 0 Å². The predicted molar refractivity (Wildman–Crippen MR) is 92.2 cm³/mol. The first-order valence-corrected chi connectivity index (χ1v) is 7.54. The van der Waals surface area contributed by atoms with Gasteiger partial charge in [0.2, 0.25) is 0 Å². The van der Waals surface area contributed by atoms with E-state index in [4.69, 9.17) is 0 Å². The topological polar surface area (TPSA) is 30.7 Å². The van der Waals surface area contributed by atoms with Gasteiger partial charge in [-0.2, -0.15) is 0 Å². The molecule has 0 atom stereocenters. The molecular formula is C19H19N3. The summed E-state index contributed by atoms with van der Waals surface area (Å²) < 4.78 is 1.90.